The number of carbonyl (C=O) groups excluding carboxylic acids is 1. The Hall–Kier alpha value is -3.78. The standard InChI is InChI=1S/C25H20FN5OS/c1-15-12-18(16(2)30(15)21-11-7-6-10-20(21)26)14-19-23(27)31-25(28-24(19)32)33-22(29-31)13-17-8-4-3-5-9-17/h3-12,14,27H,13H2,1-2H3/b19-14-,27-23?. The summed E-state index contributed by atoms with van der Waals surface area (Å²) in [7, 11) is 0. The van der Waals surface area contributed by atoms with Crippen molar-refractivity contribution >= 4 is 39.8 Å². The van der Waals surface area contributed by atoms with Gasteiger partial charge in [0, 0.05) is 17.8 Å². The molecule has 0 saturated heterocycles. The highest BCUT2D eigenvalue weighted by Crippen LogP contribution is 2.31. The molecule has 0 aliphatic carbocycles. The number of hydrazone groups is 1. The quantitative estimate of drug-likeness (QED) is 0.554. The Morgan fingerprint density at radius 1 is 1.09 bits per heavy atom. The zero-order valence-corrected chi connectivity index (χ0v) is 18.9. The van der Waals surface area contributed by atoms with Crippen LogP contribution in [0.15, 0.2) is 76.3 Å². The van der Waals surface area contributed by atoms with Crippen molar-refractivity contribution in [2.75, 3.05) is 0 Å². The molecule has 0 bridgehead atoms. The number of hydrogen-bond donors (Lipinski definition) is 1. The Balaban J connectivity index is 1.47. The third-order valence-electron chi connectivity index (χ3n) is 5.56. The zero-order valence-electron chi connectivity index (χ0n) is 18.0. The smallest absolute Gasteiger partial charge is 0.283 e. The fourth-order valence-corrected chi connectivity index (χ4v) is 4.89. The van der Waals surface area contributed by atoms with Crippen molar-refractivity contribution in [3.63, 3.8) is 0 Å². The maximum atomic E-state index is 14.4. The van der Waals surface area contributed by atoms with Gasteiger partial charge in [0.05, 0.1) is 11.3 Å². The van der Waals surface area contributed by atoms with E-state index in [1.54, 1.807) is 28.8 Å². The van der Waals surface area contributed by atoms with Crippen molar-refractivity contribution < 1.29 is 9.18 Å². The number of thioether (sulfide) groups is 1. The summed E-state index contributed by atoms with van der Waals surface area (Å²) in [5.41, 5.74) is 4.00. The molecule has 3 aromatic rings. The number of fused-ring (bicyclic) bond motifs is 1. The van der Waals surface area contributed by atoms with Gasteiger partial charge in [-0.05, 0) is 61.0 Å². The van der Waals surface area contributed by atoms with Crippen LogP contribution in [0, 0.1) is 25.1 Å². The summed E-state index contributed by atoms with van der Waals surface area (Å²) in [5, 5.41) is 15.7. The van der Waals surface area contributed by atoms with Crippen LogP contribution in [0.5, 0.6) is 0 Å². The van der Waals surface area contributed by atoms with Gasteiger partial charge in [0.15, 0.2) is 5.84 Å². The largest absolute Gasteiger partial charge is 0.315 e. The molecule has 0 spiro atoms. The maximum Gasteiger partial charge on any atom is 0.283 e. The number of benzene rings is 2. The molecule has 0 radical (unpaired) electrons. The topological polar surface area (TPSA) is 73.8 Å². The molecule has 3 heterocycles. The number of nitrogens with zero attached hydrogens (tertiary/aromatic N) is 4. The van der Waals surface area contributed by atoms with E-state index in [1.807, 2.05) is 50.2 Å². The van der Waals surface area contributed by atoms with E-state index in [9.17, 15) is 9.18 Å². The van der Waals surface area contributed by atoms with E-state index in [0.29, 0.717) is 17.3 Å². The number of hydrogen-bond acceptors (Lipinski definition) is 4. The first kappa shape index (κ1) is 21.1. The number of carbonyl (C=O) groups is 1. The summed E-state index contributed by atoms with van der Waals surface area (Å²) in [4.78, 5) is 17.0. The summed E-state index contributed by atoms with van der Waals surface area (Å²) in [5.74, 6) is -0.828. The fourth-order valence-electron chi connectivity index (χ4n) is 3.97. The molecule has 33 heavy (non-hydrogen) atoms. The minimum Gasteiger partial charge on any atom is -0.315 e. The van der Waals surface area contributed by atoms with Gasteiger partial charge in [-0.1, -0.05) is 42.5 Å². The highest BCUT2D eigenvalue weighted by Gasteiger charge is 2.35. The fraction of sp³-hybridized carbons (Fsp3) is 0.120. The first-order valence-electron chi connectivity index (χ1n) is 10.4. The zero-order chi connectivity index (χ0) is 23.1. The molecule has 5 rings (SSSR count). The first-order chi connectivity index (χ1) is 15.9. The molecule has 1 aromatic heterocycles. The predicted molar refractivity (Wildman–Crippen MR) is 130 cm³/mol. The molecule has 1 amide bonds. The van der Waals surface area contributed by atoms with E-state index in [2.05, 4.69) is 10.1 Å². The Labute approximate surface area is 194 Å². The number of amidine groups is 2. The van der Waals surface area contributed by atoms with Gasteiger partial charge in [0.2, 0.25) is 5.17 Å². The predicted octanol–water partition coefficient (Wildman–Crippen LogP) is 5.10. The summed E-state index contributed by atoms with van der Waals surface area (Å²) in [6.07, 6.45) is 2.24. The maximum absolute atomic E-state index is 14.4. The molecular weight excluding hydrogens is 437 g/mol. The summed E-state index contributed by atoms with van der Waals surface area (Å²) >= 11 is 1.31. The van der Waals surface area contributed by atoms with Crippen LogP contribution in [0.3, 0.4) is 0 Å². The molecule has 2 aliphatic rings. The van der Waals surface area contributed by atoms with Crippen LogP contribution in [0.4, 0.5) is 4.39 Å². The minimum atomic E-state index is -0.481. The summed E-state index contributed by atoms with van der Waals surface area (Å²) in [6.45, 7) is 3.74. The number of aryl methyl sites for hydroxylation is 1. The Kier molecular flexibility index (Phi) is 5.30. The van der Waals surface area contributed by atoms with Crippen molar-refractivity contribution in [3.05, 3.63) is 94.6 Å². The number of para-hydroxylation sites is 1. The van der Waals surface area contributed by atoms with Crippen LogP contribution < -0.4 is 0 Å². The molecule has 1 N–H and O–H groups in total. The summed E-state index contributed by atoms with van der Waals surface area (Å²) < 4.78 is 16.2. The van der Waals surface area contributed by atoms with Crippen LogP contribution in [-0.4, -0.2) is 31.5 Å². The highest BCUT2D eigenvalue weighted by molar-refractivity contribution is 8.26. The van der Waals surface area contributed by atoms with Crippen LogP contribution in [0.1, 0.15) is 22.5 Å². The van der Waals surface area contributed by atoms with E-state index in [4.69, 9.17) is 5.41 Å². The van der Waals surface area contributed by atoms with E-state index in [0.717, 1.165) is 27.6 Å². The molecule has 0 saturated carbocycles. The normalized spacial score (nSPS) is 16.8. The van der Waals surface area contributed by atoms with E-state index >= 15 is 0 Å². The molecular formula is C25H20FN5OS. The molecule has 2 aliphatic heterocycles. The molecule has 2 aromatic carbocycles. The SMILES string of the molecule is Cc1cc(/C=C2/C(=N)N3N=C(Cc4ccccc4)SC3=NC2=O)c(C)n1-c1ccccc1F. The third kappa shape index (κ3) is 3.82. The Morgan fingerprint density at radius 2 is 1.82 bits per heavy atom. The number of halogens is 1. The second kappa shape index (κ2) is 8.29. The number of amides is 1. The van der Waals surface area contributed by atoms with Gasteiger partial charge < -0.3 is 4.57 Å². The first-order valence-corrected chi connectivity index (χ1v) is 11.2. The molecule has 6 nitrogen and oxygen atoms in total. The van der Waals surface area contributed by atoms with Gasteiger partial charge >= 0.3 is 0 Å². The van der Waals surface area contributed by atoms with Gasteiger partial charge in [0.1, 0.15) is 10.9 Å². The van der Waals surface area contributed by atoms with Crippen molar-refractivity contribution in [1.29, 1.82) is 5.41 Å². The van der Waals surface area contributed by atoms with Crippen LogP contribution in [0.2, 0.25) is 0 Å². The van der Waals surface area contributed by atoms with Gasteiger partial charge in [-0.25, -0.2) is 4.39 Å². The lowest BCUT2D eigenvalue weighted by atomic mass is 10.1. The Bertz CT molecular complexity index is 1390. The van der Waals surface area contributed by atoms with E-state index in [1.165, 1.54) is 22.8 Å². The Morgan fingerprint density at radius 3 is 2.58 bits per heavy atom. The lowest BCUT2D eigenvalue weighted by Crippen LogP contribution is -2.35. The summed E-state index contributed by atoms with van der Waals surface area (Å²) in [6, 6.07) is 18.3. The van der Waals surface area contributed by atoms with Gasteiger partial charge in [-0.3, -0.25) is 10.2 Å². The van der Waals surface area contributed by atoms with Crippen molar-refractivity contribution in [2.24, 2.45) is 10.1 Å². The third-order valence-corrected chi connectivity index (χ3v) is 6.47. The van der Waals surface area contributed by atoms with Gasteiger partial charge in [0.25, 0.3) is 5.91 Å². The monoisotopic (exact) mass is 457 g/mol. The molecule has 164 valence electrons. The van der Waals surface area contributed by atoms with Crippen LogP contribution in [0.25, 0.3) is 11.8 Å². The van der Waals surface area contributed by atoms with E-state index in [-0.39, 0.29) is 17.2 Å². The van der Waals surface area contributed by atoms with Crippen LogP contribution in [-0.2, 0) is 11.2 Å². The lowest BCUT2D eigenvalue weighted by Gasteiger charge is -2.20. The average molecular weight is 458 g/mol. The van der Waals surface area contributed by atoms with Crippen molar-refractivity contribution in [3.8, 4) is 5.69 Å². The second-order valence-corrected chi connectivity index (χ2v) is 8.83. The molecule has 0 unspecified atom stereocenters. The van der Waals surface area contributed by atoms with Crippen molar-refractivity contribution in [2.45, 2.75) is 20.3 Å². The number of nitrogens with one attached hydrogen (secondary N) is 1. The number of rotatable bonds is 4. The minimum absolute atomic E-state index is 0.0174. The van der Waals surface area contributed by atoms with E-state index < -0.39 is 5.91 Å². The second-order valence-electron chi connectivity index (χ2n) is 7.79. The van der Waals surface area contributed by atoms with Gasteiger partial charge in [-0.15, -0.1) is 0 Å². The van der Waals surface area contributed by atoms with Crippen LogP contribution >= 0.6 is 11.8 Å². The number of aliphatic imine (C=N–C) groups is 1. The molecule has 0 fully saturated rings. The lowest BCUT2D eigenvalue weighted by molar-refractivity contribution is -0.114. The highest BCUT2D eigenvalue weighted by atomic mass is 32.2. The molecule has 8 heteroatoms. The van der Waals surface area contributed by atoms with Crippen molar-refractivity contribution in [1.82, 2.24) is 9.58 Å². The molecule has 0 atom stereocenters. The average Bonchev–Trinajstić information content (AvgIpc) is 3.32. The number of aromatic nitrogens is 1. The van der Waals surface area contributed by atoms with Gasteiger partial charge in [-0.2, -0.15) is 15.1 Å².